The lowest BCUT2D eigenvalue weighted by atomic mass is 9.93. The lowest BCUT2D eigenvalue weighted by Crippen LogP contribution is -2.30. The minimum atomic E-state index is -0.384. The van der Waals surface area contributed by atoms with Crippen LogP contribution in [0.25, 0.3) is 0 Å². The Kier molecular flexibility index (Phi) is 6.10. The summed E-state index contributed by atoms with van der Waals surface area (Å²) in [6, 6.07) is 4.88. The molecule has 0 bridgehead atoms. The van der Waals surface area contributed by atoms with E-state index in [4.69, 9.17) is 0 Å². The molecular weight excluding hydrogens is 294 g/mol. The van der Waals surface area contributed by atoms with Gasteiger partial charge in [-0.05, 0) is 57.7 Å². The summed E-state index contributed by atoms with van der Waals surface area (Å²) in [6.07, 6.45) is 3.69. The summed E-state index contributed by atoms with van der Waals surface area (Å²) in [5.74, 6) is 0.636. The fourth-order valence-electron chi connectivity index (χ4n) is 3.00. The first kappa shape index (κ1) is 17.4. The Hall–Kier alpha value is -1.95. The molecule has 0 aliphatic carbocycles. The molecule has 1 aliphatic rings. The molecule has 126 valence electrons. The van der Waals surface area contributed by atoms with Crippen molar-refractivity contribution in [2.45, 2.75) is 45.6 Å². The van der Waals surface area contributed by atoms with Gasteiger partial charge in [0.1, 0.15) is 0 Å². The Bertz CT molecular complexity index is 568. The van der Waals surface area contributed by atoms with Gasteiger partial charge in [0.15, 0.2) is 0 Å². The number of hydrogen-bond donors (Lipinski definition) is 2. The third kappa shape index (κ3) is 5.03. The molecule has 0 radical (unpaired) electrons. The maximum Gasteiger partial charge on any atom is 0.272 e. The largest absolute Gasteiger partial charge is 0.350 e. The van der Waals surface area contributed by atoms with Crippen molar-refractivity contribution >= 4 is 11.6 Å². The average Bonchev–Trinajstić information content (AvgIpc) is 2.54. The van der Waals surface area contributed by atoms with Crippen molar-refractivity contribution in [1.82, 2.24) is 10.6 Å². The second kappa shape index (κ2) is 8.06. The summed E-state index contributed by atoms with van der Waals surface area (Å²) >= 11 is 0. The van der Waals surface area contributed by atoms with E-state index in [-0.39, 0.29) is 22.6 Å². The molecule has 23 heavy (non-hydrogen) atoms. The van der Waals surface area contributed by atoms with Gasteiger partial charge in [0, 0.05) is 18.1 Å². The highest BCUT2D eigenvalue weighted by Gasteiger charge is 2.18. The second-order valence-corrected chi connectivity index (χ2v) is 6.32. The molecule has 0 aromatic heterocycles. The van der Waals surface area contributed by atoms with Gasteiger partial charge in [-0.2, -0.15) is 0 Å². The molecule has 6 heteroatoms. The number of hydrogen-bond acceptors (Lipinski definition) is 4. The van der Waals surface area contributed by atoms with Gasteiger partial charge in [-0.1, -0.05) is 12.1 Å². The van der Waals surface area contributed by atoms with E-state index in [1.165, 1.54) is 0 Å². The monoisotopic (exact) mass is 319 g/mol. The number of carbonyl (C=O) groups is 1. The topological polar surface area (TPSA) is 84.3 Å². The summed E-state index contributed by atoms with van der Waals surface area (Å²) < 4.78 is 0. The SMILES string of the molecule is Cc1ccc(C(C)NC(=O)CCC2CCNCC2)cc1[N+](=O)[O-]. The third-order valence-electron chi connectivity index (χ3n) is 4.55. The van der Waals surface area contributed by atoms with Gasteiger partial charge in [0.05, 0.1) is 11.0 Å². The molecule has 1 atom stereocenters. The van der Waals surface area contributed by atoms with Crippen molar-refractivity contribution in [3.8, 4) is 0 Å². The molecule has 1 amide bonds. The summed E-state index contributed by atoms with van der Waals surface area (Å²) in [5, 5.41) is 17.3. The van der Waals surface area contributed by atoms with Crippen LogP contribution >= 0.6 is 0 Å². The second-order valence-electron chi connectivity index (χ2n) is 6.32. The molecule has 1 unspecified atom stereocenters. The number of nitrogens with zero attached hydrogens (tertiary/aromatic N) is 1. The Labute approximate surface area is 136 Å². The number of piperidine rings is 1. The molecule has 1 aromatic rings. The quantitative estimate of drug-likeness (QED) is 0.624. The van der Waals surface area contributed by atoms with Gasteiger partial charge in [-0.15, -0.1) is 0 Å². The Balaban J connectivity index is 1.87. The lowest BCUT2D eigenvalue weighted by Gasteiger charge is -2.22. The third-order valence-corrected chi connectivity index (χ3v) is 4.55. The average molecular weight is 319 g/mol. The summed E-state index contributed by atoms with van der Waals surface area (Å²) in [5.41, 5.74) is 1.49. The number of carbonyl (C=O) groups excluding carboxylic acids is 1. The number of aryl methyl sites for hydroxylation is 1. The first-order valence-corrected chi connectivity index (χ1v) is 8.22. The molecule has 1 saturated heterocycles. The molecule has 0 spiro atoms. The molecule has 1 fully saturated rings. The van der Waals surface area contributed by atoms with Crippen molar-refractivity contribution in [2.75, 3.05) is 13.1 Å². The first-order chi connectivity index (χ1) is 11.0. The summed E-state index contributed by atoms with van der Waals surface area (Å²) in [7, 11) is 0. The van der Waals surface area contributed by atoms with Gasteiger partial charge in [-0.3, -0.25) is 14.9 Å². The number of amides is 1. The Morgan fingerprint density at radius 3 is 2.78 bits per heavy atom. The molecule has 1 aliphatic heterocycles. The highest BCUT2D eigenvalue weighted by atomic mass is 16.6. The summed E-state index contributed by atoms with van der Waals surface area (Å²) in [4.78, 5) is 22.7. The smallest absolute Gasteiger partial charge is 0.272 e. The van der Waals surface area contributed by atoms with Crippen LogP contribution in [0.1, 0.15) is 49.8 Å². The fraction of sp³-hybridized carbons (Fsp3) is 0.588. The van der Waals surface area contributed by atoms with E-state index < -0.39 is 0 Å². The molecule has 2 rings (SSSR count). The zero-order valence-corrected chi connectivity index (χ0v) is 13.8. The maximum atomic E-state index is 12.1. The van der Waals surface area contributed by atoms with Gasteiger partial charge in [-0.25, -0.2) is 0 Å². The van der Waals surface area contributed by atoms with Crippen molar-refractivity contribution in [3.05, 3.63) is 39.4 Å². The molecular formula is C17H25N3O3. The number of benzene rings is 1. The van der Waals surface area contributed by atoms with Crippen LogP contribution in [-0.2, 0) is 4.79 Å². The van der Waals surface area contributed by atoms with Crippen molar-refractivity contribution in [3.63, 3.8) is 0 Å². The minimum absolute atomic E-state index is 0.0132. The van der Waals surface area contributed by atoms with Crippen LogP contribution in [0.15, 0.2) is 18.2 Å². The first-order valence-electron chi connectivity index (χ1n) is 8.22. The van der Waals surface area contributed by atoms with E-state index in [1.807, 2.05) is 13.0 Å². The van der Waals surface area contributed by atoms with Crippen LogP contribution in [0.2, 0.25) is 0 Å². The van der Waals surface area contributed by atoms with Crippen molar-refractivity contribution < 1.29 is 9.72 Å². The predicted molar refractivity (Wildman–Crippen MR) is 89.2 cm³/mol. The van der Waals surface area contributed by atoms with Gasteiger partial charge in [0.2, 0.25) is 5.91 Å². The van der Waals surface area contributed by atoms with Crippen LogP contribution in [-0.4, -0.2) is 23.9 Å². The van der Waals surface area contributed by atoms with Gasteiger partial charge < -0.3 is 10.6 Å². The van der Waals surface area contributed by atoms with Crippen molar-refractivity contribution in [2.24, 2.45) is 5.92 Å². The lowest BCUT2D eigenvalue weighted by molar-refractivity contribution is -0.385. The van der Waals surface area contributed by atoms with E-state index >= 15 is 0 Å². The molecule has 1 aromatic carbocycles. The fourth-order valence-corrected chi connectivity index (χ4v) is 3.00. The molecule has 1 heterocycles. The van der Waals surface area contributed by atoms with Crippen LogP contribution < -0.4 is 10.6 Å². The van der Waals surface area contributed by atoms with Gasteiger partial charge in [0.25, 0.3) is 5.69 Å². The van der Waals surface area contributed by atoms with Crippen molar-refractivity contribution in [1.29, 1.82) is 0 Å². The van der Waals surface area contributed by atoms with E-state index in [9.17, 15) is 14.9 Å². The number of rotatable bonds is 6. The summed E-state index contributed by atoms with van der Waals surface area (Å²) in [6.45, 7) is 5.65. The highest BCUT2D eigenvalue weighted by Crippen LogP contribution is 2.23. The maximum absolute atomic E-state index is 12.1. The van der Waals surface area contributed by atoms with E-state index in [0.717, 1.165) is 37.9 Å². The zero-order chi connectivity index (χ0) is 16.8. The van der Waals surface area contributed by atoms with Crippen LogP contribution in [0.3, 0.4) is 0 Å². The minimum Gasteiger partial charge on any atom is -0.350 e. The van der Waals surface area contributed by atoms with E-state index in [1.54, 1.807) is 19.1 Å². The Morgan fingerprint density at radius 1 is 1.43 bits per heavy atom. The molecule has 2 N–H and O–H groups in total. The predicted octanol–water partition coefficient (Wildman–Crippen LogP) is 2.86. The normalized spacial score (nSPS) is 16.8. The van der Waals surface area contributed by atoms with Gasteiger partial charge >= 0.3 is 0 Å². The van der Waals surface area contributed by atoms with Crippen LogP contribution in [0.5, 0.6) is 0 Å². The van der Waals surface area contributed by atoms with E-state index in [2.05, 4.69) is 10.6 Å². The van der Waals surface area contributed by atoms with E-state index in [0.29, 0.717) is 17.9 Å². The molecule has 0 saturated carbocycles. The number of nitrogens with one attached hydrogen (secondary N) is 2. The highest BCUT2D eigenvalue weighted by molar-refractivity contribution is 5.76. The Morgan fingerprint density at radius 2 is 2.13 bits per heavy atom. The van der Waals surface area contributed by atoms with Crippen LogP contribution in [0.4, 0.5) is 5.69 Å². The number of nitro benzene ring substituents is 1. The molecule has 6 nitrogen and oxygen atoms in total. The standard InChI is InChI=1S/C17H25N3O3/c1-12-3-5-15(11-16(12)20(22)23)13(2)19-17(21)6-4-14-7-9-18-10-8-14/h3,5,11,13-14,18H,4,6-10H2,1-2H3,(H,19,21). The number of nitro groups is 1. The zero-order valence-electron chi connectivity index (χ0n) is 13.8. The van der Waals surface area contributed by atoms with Crippen LogP contribution in [0, 0.1) is 23.0 Å².